The molecular weight excluding hydrogens is 415 g/mol. The molecule has 1 saturated heterocycles. The predicted octanol–water partition coefficient (Wildman–Crippen LogP) is 2.63. The van der Waals surface area contributed by atoms with Crippen LogP contribution in [0.2, 0.25) is 0 Å². The fourth-order valence-corrected chi connectivity index (χ4v) is 3.55. The van der Waals surface area contributed by atoms with E-state index in [1.165, 1.54) is 11.8 Å². The fraction of sp³-hybridized carbons (Fsp3) is 0.381. The zero-order chi connectivity index (χ0) is 22.6. The molecule has 0 bridgehead atoms. The molecule has 3 rings (SSSR count). The van der Waals surface area contributed by atoms with Gasteiger partial charge in [-0.05, 0) is 30.2 Å². The Labute approximate surface area is 177 Å². The average Bonchev–Trinajstić information content (AvgIpc) is 3.21. The largest absolute Gasteiger partial charge is 0.484 e. The van der Waals surface area contributed by atoms with E-state index in [9.17, 15) is 22.8 Å². The second-order valence-electron chi connectivity index (χ2n) is 7.15. The van der Waals surface area contributed by atoms with E-state index in [0.29, 0.717) is 24.3 Å². The summed E-state index contributed by atoms with van der Waals surface area (Å²) in [5.74, 6) is -0.436. The zero-order valence-electron chi connectivity index (χ0n) is 16.8. The second-order valence-corrected chi connectivity index (χ2v) is 7.15. The topological polar surface area (TPSA) is 83.0 Å². The van der Waals surface area contributed by atoms with Gasteiger partial charge >= 0.3 is 6.18 Å². The van der Waals surface area contributed by atoms with Gasteiger partial charge in [0.15, 0.2) is 6.61 Å². The molecule has 1 fully saturated rings. The van der Waals surface area contributed by atoms with Crippen LogP contribution in [0.1, 0.15) is 24.5 Å². The van der Waals surface area contributed by atoms with Crippen LogP contribution in [0.5, 0.6) is 5.75 Å². The monoisotopic (exact) mass is 437 g/mol. The minimum Gasteiger partial charge on any atom is -0.484 e. The highest BCUT2D eigenvalue weighted by Gasteiger charge is 2.39. The summed E-state index contributed by atoms with van der Waals surface area (Å²) in [6, 6.07) is 6.83. The lowest BCUT2D eigenvalue weighted by molar-refractivity contribution is -0.137. The van der Waals surface area contributed by atoms with E-state index in [1.807, 2.05) is 0 Å². The van der Waals surface area contributed by atoms with E-state index in [2.05, 4.69) is 4.98 Å². The van der Waals surface area contributed by atoms with Crippen LogP contribution >= 0.6 is 0 Å². The minimum atomic E-state index is -4.64. The smallest absolute Gasteiger partial charge is 0.418 e. The Bertz CT molecular complexity index is 934. The quantitative estimate of drug-likeness (QED) is 0.751. The number of aliphatic hydroxyl groups is 1. The summed E-state index contributed by atoms with van der Waals surface area (Å²) in [5, 5.41) is 9.05. The Morgan fingerprint density at radius 2 is 1.97 bits per heavy atom. The number of carbonyl (C=O) groups is 2. The van der Waals surface area contributed by atoms with Gasteiger partial charge in [0.1, 0.15) is 5.75 Å². The van der Waals surface area contributed by atoms with E-state index in [4.69, 9.17) is 9.84 Å². The van der Waals surface area contributed by atoms with Crippen molar-refractivity contribution >= 4 is 17.5 Å². The lowest BCUT2D eigenvalue weighted by atomic mass is 10.1. The van der Waals surface area contributed by atoms with Crippen LogP contribution in [0.4, 0.5) is 18.9 Å². The first-order chi connectivity index (χ1) is 14.7. The molecule has 1 atom stereocenters. The van der Waals surface area contributed by atoms with Gasteiger partial charge in [-0.3, -0.25) is 14.6 Å². The molecule has 1 aromatic carbocycles. The van der Waals surface area contributed by atoms with Crippen molar-refractivity contribution < 1.29 is 32.6 Å². The maximum atomic E-state index is 13.4. The van der Waals surface area contributed by atoms with Crippen LogP contribution in [-0.2, 0) is 22.4 Å². The number of hydrogen-bond donors (Lipinski definition) is 1. The molecule has 2 aromatic rings. The van der Waals surface area contributed by atoms with Gasteiger partial charge in [-0.25, -0.2) is 0 Å². The number of amides is 2. The van der Waals surface area contributed by atoms with Crippen LogP contribution in [0.3, 0.4) is 0 Å². The van der Waals surface area contributed by atoms with Crippen molar-refractivity contribution in [3.63, 3.8) is 0 Å². The molecular formula is C21H22F3N3O4. The molecule has 0 saturated carbocycles. The molecule has 2 heterocycles. The van der Waals surface area contributed by atoms with Gasteiger partial charge in [-0.1, -0.05) is 12.1 Å². The molecule has 0 spiro atoms. The molecule has 0 aliphatic carbocycles. The molecule has 7 nitrogen and oxygen atoms in total. The van der Waals surface area contributed by atoms with Gasteiger partial charge in [0.25, 0.3) is 5.91 Å². The summed E-state index contributed by atoms with van der Waals surface area (Å²) in [4.78, 5) is 31.0. The number of pyridine rings is 1. The zero-order valence-corrected chi connectivity index (χ0v) is 16.8. The Morgan fingerprint density at radius 1 is 1.26 bits per heavy atom. The summed E-state index contributed by atoms with van der Waals surface area (Å²) in [5.41, 5.74) is -0.557. The number of carbonyl (C=O) groups excluding carboxylic acids is 2. The van der Waals surface area contributed by atoms with Crippen molar-refractivity contribution in [1.29, 1.82) is 0 Å². The number of likely N-dealkylation sites (tertiary alicyclic amines) is 1. The van der Waals surface area contributed by atoms with Gasteiger partial charge in [0.05, 0.1) is 30.1 Å². The number of aliphatic hydroxyl groups excluding tert-OH is 1. The van der Waals surface area contributed by atoms with Gasteiger partial charge in [-0.2, -0.15) is 13.2 Å². The van der Waals surface area contributed by atoms with Crippen LogP contribution in [0.25, 0.3) is 0 Å². The van der Waals surface area contributed by atoms with E-state index in [-0.39, 0.29) is 31.4 Å². The van der Waals surface area contributed by atoms with Crippen molar-refractivity contribution in [2.75, 3.05) is 24.6 Å². The predicted molar refractivity (Wildman–Crippen MR) is 105 cm³/mol. The van der Waals surface area contributed by atoms with Crippen molar-refractivity contribution in [3.8, 4) is 5.75 Å². The number of benzene rings is 1. The molecule has 1 N–H and O–H groups in total. The highest BCUT2D eigenvalue weighted by atomic mass is 19.4. The van der Waals surface area contributed by atoms with Crippen LogP contribution in [-0.4, -0.2) is 52.5 Å². The van der Waals surface area contributed by atoms with Crippen molar-refractivity contribution in [3.05, 3.63) is 53.9 Å². The first-order valence-corrected chi connectivity index (χ1v) is 9.62. The molecule has 0 radical (unpaired) electrons. The maximum Gasteiger partial charge on any atom is 0.418 e. The van der Waals surface area contributed by atoms with Crippen molar-refractivity contribution in [2.24, 2.45) is 0 Å². The molecule has 1 unspecified atom stereocenters. The number of nitrogens with zero attached hydrogens (tertiary/aromatic N) is 3. The fourth-order valence-electron chi connectivity index (χ4n) is 3.55. The molecule has 166 valence electrons. The minimum absolute atomic E-state index is 0.0947. The Kier molecular flexibility index (Phi) is 6.79. The second kappa shape index (κ2) is 9.34. The van der Waals surface area contributed by atoms with Gasteiger partial charge in [-0.15, -0.1) is 0 Å². The molecule has 1 aliphatic heterocycles. The molecule has 1 aromatic heterocycles. The number of anilines is 1. The van der Waals surface area contributed by atoms with Crippen LogP contribution in [0, 0.1) is 0 Å². The molecule has 2 amide bonds. The number of alkyl halides is 3. The van der Waals surface area contributed by atoms with Crippen LogP contribution in [0.15, 0.2) is 42.7 Å². The maximum absolute atomic E-state index is 13.4. The Balaban J connectivity index is 1.68. The molecule has 1 aliphatic rings. The van der Waals surface area contributed by atoms with Gasteiger partial charge in [0, 0.05) is 26.2 Å². The number of ether oxygens (including phenoxy) is 1. The SMILES string of the molecule is CC(=O)N(c1cnccc1C(F)(F)F)C1CCN(C(=O)COc2ccc(CO)cc2)C1. The number of aromatic nitrogens is 1. The van der Waals surface area contributed by atoms with Gasteiger partial charge < -0.3 is 19.6 Å². The normalized spacial score (nSPS) is 16.3. The van der Waals surface area contributed by atoms with E-state index in [1.54, 1.807) is 24.3 Å². The standard InChI is InChI=1S/C21H22F3N3O4/c1-14(29)27(19-10-25-8-6-18(19)21(22,23)24)16-7-9-26(11-16)20(30)13-31-17-4-2-15(12-28)3-5-17/h2-6,8,10,16,28H,7,9,11-13H2,1H3. The van der Waals surface area contributed by atoms with Crippen molar-refractivity contribution in [1.82, 2.24) is 9.88 Å². The summed E-state index contributed by atoms with van der Waals surface area (Å²) in [7, 11) is 0. The third-order valence-electron chi connectivity index (χ3n) is 5.05. The Hall–Kier alpha value is -3.14. The summed E-state index contributed by atoms with van der Waals surface area (Å²) in [6.07, 6.45) is -2.25. The van der Waals surface area contributed by atoms with Gasteiger partial charge in [0.2, 0.25) is 5.91 Å². The summed E-state index contributed by atoms with van der Waals surface area (Å²) in [6.45, 7) is 1.23. The molecule has 31 heavy (non-hydrogen) atoms. The lowest BCUT2D eigenvalue weighted by Crippen LogP contribution is -2.43. The van der Waals surface area contributed by atoms with Crippen LogP contribution < -0.4 is 9.64 Å². The van der Waals surface area contributed by atoms with E-state index in [0.717, 1.165) is 23.4 Å². The lowest BCUT2D eigenvalue weighted by Gasteiger charge is -2.30. The number of rotatable bonds is 6. The number of hydrogen-bond acceptors (Lipinski definition) is 5. The molecule has 10 heteroatoms. The highest BCUT2D eigenvalue weighted by molar-refractivity contribution is 5.93. The average molecular weight is 437 g/mol. The number of halogens is 3. The summed E-state index contributed by atoms with van der Waals surface area (Å²) >= 11 is 0. The Morgan fingerprint density at radius 3 is 2.58 bits per heavy atom. The first kappa shape index (κ1) is 22.5. The first-order valence-electron chi connectivity index (χ1n) is 9.62. The third kappa shape index (κ3) is 5.32. The van der Waals surface area contributed by atoms with E-state index >= 15 is 0 Å². The van der Waals surface area contributed by atoms with E-state index < -0.39 is 23.7 Å². The summed E-state index contributed by atoms with van der Waals surface area (Å²) < 4.78 is 45.7. The van der Waals surface area contributed by atoms with Crippen molar-refractivity contribution in [2.45, 2.75) is 32.2 Å². The highest BCUT2D eigenvalue weighted by Crippen LogP contribution is 2.37. The third-order valence-corrected chi connectivity index (χ3v) is 5.05.